The molecule has 2 rings (SSSR count). The number of ether oxygens (including phenoxy) is 2. The molecule has 0 aliphatic carbocycles. The quantitative estimate of drug-likeness (QED) is 0.668. The molecule has 0 heterocycles. The minimum Gasteiger partial charge on any atom is -0.496 e. The van der Waals surface area contributed by atoms with Crippen LogP contribution in [0.1, 0.15) is 30.9 Å². The smallest absolute Gasteiger partial charge is 0.125 e. The second kappa shape index (κ2) is 8.08. The molecule has 0 bridgehead atoms. The van der Waals surface area contributed by atoms with Crippen molar-refractivity contribution >= 4 is 15.9 Å². The highest BCUT2D eigenvalue weighted by Crippen LogP contribution is 2.24. The Bertz CT molecular complexity index is 564. The summed E-state index contributed by atoms with van der Waals surface area (Å²) in [5.41, 5.74) is 2.39. The molecule has 0 unspecified atom stereocenters. The van der Waals surface area contributed by atoms with Crippen LogP contribution in [0.5, 0.6) is 11.5 Å². The van der Waals surface area contributed by atoms with Gasteiger partial charge in [-0.25, -0.2) is 0 Å². The highest BCUT2D eigenvalue weighted by Gasteiger charge is 2.05. The summed E-state index contributed by atoms with van der Waals surface area (Å²) in [6.07, 6.45) is 3.59. The van der Waals surface area contributed by atoms with Gasteiger partial charge in [-0.1, -0.05) is 41.4 Å². The number of aryl methyl sites for hydroxylation is 1. The summed E-state index contributed by atoms with van der Waals surface area (Å²) in [5.74, 6) is 1.73. The lowest BCUT2D eigenvalue weighted by Gasteiger charge is -2.11. The number of hydrogen-bond donors (Lipinski definition) is 0. The summed E-state index contributed by atoms with van der Waals surface area (Å²) in [7, 11) is 1.68. The van der Waals surface area contributed by atoms with Gasteiger partial charge in [-0.15, -0.1) is 0 Å². The van der Waals surface area contributed by atoms with Crippen LogP contribution in [0.2, 0.25) is 0 Å². The van der Waals surface area contributed by atoms with Crippen LogP contribution in [0.25, 0.3) is 0 Å². The van der Waals surface area contributed by atoms with Crippen molar-refractivity contribution in [1.29, 1.82) is 0 Å². The van der Waals surface area contributed by atoms with Crippen molar-refractivity contribution in [2.75, 3.05) is 7.11 Å². The molecule has 0 aromatic heterocycles. The highest BCUT2D eigenvalue weighted by atomic mass is 79.9. The van der Waals surface area contributed by atoms with Crippen LogP contribution >= 0.6 is 15.9 Å². The van der Waals surface area contributed by atoms with Gasteiger partial charge in [0, 0.05) is 10.0 Å². The van der Waals surface area contributed by atoms with Crippen molar-refractivity contribution < 1.29 is 9.47 Å². The van der Waals surface area contributed by atoms with Gasteiger partial charge in [-0.3, -0.25) is 0 Å². The number of hydrogen-bond acceptors (Lipinski definition) is 2. The fourth-order valence-electron chi connectivity index (χ4n) is 2.15. The van der Waals surface area contributed by atoms with Gasteiger partial charge in [0.1, 0.15) is 18.1 Å². The Morgan fingerprint density at radius 2 is 1.81 bits per heavy atom. The molecule has 0 N–H and O–H groups in total. The van der Waals surface area contributed by atoms with Crippen molar-refractivity contribution in [3.63, 3.8) is 0 Å². The van der Waals surface area contributed by atoms with Crippen molar-refractivity contribution in [2.24, 2.45) is 0 Å². The lowest BCUT2D eigenvalue weighted by Crippen LogP contribution is -1.99. The molecule has 112 valence electrons. The van der Waals surface area contributed by atoms with Gasteiger partial charge >= 0.3 is 0 Å². The molecule has 0 aliphatic rings. The average Bonchev–Trinajstić information content (AvgIpc) is 2.52. The Kier molecular flexibility index (Phi) is 6.12. The third-order valence-electron chi connectivity index (χ3n) is 3.38. The lowest BCUT2D eigenvalue weighted by atomic mass is 10.1. The zero-order chi connectivity index (χ0) is 15.1. The molecule has 3 heteroatoms. The van der Waals surface area contributed by atoms with Crippen LogP contribution in [0.15, 0.2) is 46.9 Å². The summed E-state index contributed by atoms with van der Waals surface area (Å²) in [5, 5.41) is 0. The minimum absolute atomic E-state index is 0.497. The summed E-state index contributed by atoms with van der Waals surface area (Å²) in [6, 6.07) is 14.3. The van der Waals surface area contributed by atoms with E-state index in [9.17, 15) is 0 Å². The monoisotopic (exact) mass is 348 g/mol. The van der Waals surface area contributed by atoms with Crippen LogP contribution in [0.4, 0.5) is 0 Å². The van der Waals surface area contributed by atoms with Gasteiger partial charge in [0.25, 0.3) is 0 Å². The van der Waals surface area contributed by atoms with Gasteiger partial charge in [0.15, 0.2) is 0 Å². The first-order valence-electron chi connectivity index (χ1n) is 7.27. The topological polar surface area (TPSA) is 18.5 Å². The van der Waals surface area contributed by atoms with E-state index in [1.54, 1.807) is 7.11 Å². The Balaban J connectivity index is 1.98. The summed E-state index contributed by atoms with van der Waals surface area (Å²) < 4.78 is 12.2. The molecular formula is C18H21BrO2. The van der Waals surface area contributed by atoms with Gasteiger partial charge < -0.3 is 9.47 Å². The van der Waals surface area contributed by atoms with Gasteiger partial charge in [-0.2, -0.15) is 0 Å². The Morgan fingerprint density at radius 1 is 1.05 bits per heavy atom. The van der Waals surface area contributed by atoms with Crippen LogP contribution in [0.3, 0.4) is 0 Å². The molecule has 0 saturated heterocycles. The number of rotatable bonds is 7. The van der Waals surface area contributed by atoms with Gasteiger partial charge in [-0.05, 0) is 48.7 Å². The van der Waals surface area contributed by atoms with E-state index in [2.05, 4.69) is 35.0 Å². The molecule has 2 nitrogen and oxygen atoms in total. The van der Waals surface area contributed by atoms with Gasteiger partial charge in [0.05, 0.1) is 7.11 Å². The first-order chi connectivity index (χ1) is 10.2. The van der Waals surface area contributed by atoms with E-state index in [-0.39, 0.29) is 0 Å². The van der Waals surface area contributed by atoms with E-state index >= 15 is 0 Å². The van der Waals surface area contributed by atoms with E-state index < -0.39 is 0 Å². The van der Waals surface area contributed by atoms with Crippen molar-refractivity contribution in [2.45, 2.75) is 32.8 Å². The largest absolute Gasteiger partial charge is 0.496 e. The fourth-order valence-corrected chi connectivity index (χ4v) is 2.56. The normalized spacial score (nSPS) is 10.4. The maximum atomic E-state index is 5.85. The van der Waals surface area contributed by atoms with E-state index in [4.69, 9.17) is 9.47 Å². The Labute approximate surface area is 135 Å². The predicted molar refractivity (Wildman–Crippen MR) is 90.1 cm³/mol. The molecule has 0 fully saturated rings. The zero-order valence-corrected chi connectivity index (χ0v) is 14.2. The number of benzene rings is 2. The second-order valence-corrected chi connectivity index (χ2v) is 5.91. The lowest BCUT2D eigenvalue weighted by molar-refractivity contribution is 0.296. The van der Waals surface area contributed by atoms with Crippen LogP contribution in [0, 0.1) is 0 Å². The number of methoxy groups -OCH3 is 1. The predicted octanol–water partition coefficient (Wildman–Crippen LogP) is 5.38. The molecule has 0 radical (unpaired) electrons. The fraction of sp³-hybridized carbons (Fsp3) is 0.333. The molecular weight excluding hydrogens is 328 g/mol. The van der Waals surface area contributed by atoms with E-state index in [1.807, 2.05) is 30.3 Å². The maximum absolute atomic E-state index is 5.85. The number of halogens is 1. The van der Waals surface area contributed by atoms with Crippen molar-refractivity contribution in [3.8, 4) is 11.5 Å². The van der Waals surface area contributed by atoms with Crippen molar-refractivity contribution in [3.05, 3.63) is 58.1 Å². The van der Waals surface area contributed by atoms with Crippen LogP contribution in [-0.2, 0) is 13.0 Å². The third kappa shape index (κ3) is 4.78. The highest BCUT2D eigenvalue weighted by molar-refractivity contribution is 9.10. The first-order valence-corrected chi connectivity index (χ1v) is 8.06. The molecule has 0 saturated carbocycles. The molecule has 0 amide bonds. The third-order valence-corrected chi connectivity index (χ3v) is 3.87. The Morgan fingerprint density at radius 3 is 2.48 bits per heavy atom. The Hall–Kier alpha value is -1.48. The van der Waals surface area contributed by atoms with E-state index in [0.29, 0.717) is 6.61 Å². The molecule has 0 aliphatic heterocycles. The van der Waals surface area contributed by atoms with E-state index in [0.717, 1.165) is 28.0 Å². The summed E-state index contributed by atoms with van der Waals surface area (Å²) in [4.78, 5) is 0. The van der Waals surface area contributed by atoms with E-state index in [1.165, 1.54) is 18.4 Å². The minimum atomic E-state index is 0.497. The van der Waals surface area contributed by atoms with Gasteiger partial charge in [0.2, 0.25) is 0 Å². The van der Waals surface area contributed by atoms with Crippen LogP contribution < -0.4 is 9.47 Å². The number of unbranched alkanes of at least 4 members (excludes halogenated alkanes) is 1. The summed E-state index contributed by atoms with van der Waals surface area (Å²) >= 11 is 3.47. The molecule has 21 heavy (non-hydrogen) atoms. The molecule has 2 aromatic rings. The maximum Gasteiger partial charge on any atom is 0.125 e. The van der Waals surface area contributed by atoms with Crippen LogP contribution in [-0.4, -0.2) is 7.11 Å². The zero-order valence-electron chi connectivity index (χ0n) is 12.6. The first kappa shape index (κ1) is 15.9. The average molecular weight is 349 g/mol. The second-order valence-electron chi connectivity index (χ2n) is 4.99. The SMILES string of the molecule is CCCCc1ccc(OCc2cc(Br)ccc2OC)cc1. The molecule has 2 aromatic carbocycles. The summed E-state index contributed by atoms with van der Waals surface area (Å²) in [6.45, 7) is 2.71. The molecule has 0 spiro atoms. The standard InChI is InChI=1S/C18H21BrO2/c1-3-4-5-14-6-9-17(10-7-14)21-13-15-12-16(19)8-11-18(15)20-2/h6-12H,3-5,13H2,1-2H3. The molecule has 0 atom stereocenters. The van der Waals surface area contributed by atoms with Crippen molar-refractivity contribution in [1.82, 2.24) is 0 Å².